The van der Waals surface area contributed by atoms with Gasteiger partial charge in [0, 0.05) is 12.4 Å². The van der Waals surface area contributed by atoms with Gasteiger partial charge >= 0.3 is 0 Å². The molecular weight excluding hydrogens is 204 g/mol. The molecule has 1 aromatic carbocycles. The van der Waals surface area contributed by atoms with Crippen molar-refractivity contribution in [1.29, 1.82) is 0 Å². The van der Waals surface area contributed by atoms with E-state index in [-0.39, 0.29) is 0 Å². The fourth-order valence-corrected chi connectivity index (χ4v) is 1.66. The Labute approximate surface area is 94.1 Å². The molecule has 4 heteroatoms. The number of nitrogens with zero attached hydrogens (tertiary/aromatic N) is 1. The molecule has 16 heavy (non-hydrogen) atoms. The van der Waals surface area contributed by atoms with Crippen LogP contribution in [0, 0.1) is 0 Å². The first-order valence-corrected chi connectivity index (χ1v) is 5.00. The van der Waals surface area contributed by atoms with Crippen molar-refractivity contribution >= 4 is 11.4 Å². The number of anilines is 2. The summed E-state index contributed by atoms with van der Waals surface area (Å²) in [4.78, 5) is 1.58. The van der Waals surface area contributed by atoms with Gasteiger partial charge in [0.2, 0.25) is 0 Å². The van der Waals surface area contributed by atoms with Gasteiger partial charge in [0.1, 0.15) is 0 Å². The largest absolute Gasteiger partial charge is 0.391 e. The molecule has 1 aliphatic rings. The van der Waals surface area contributed by atoms with Crippen LogP contribution in [0.3, 0.4) is 0 Å². The predicted octanol–water partition coefficient (Wildman–Crippen LogP) is 1.26. The monoisotopic (exact) mass is 218 g/mol. The lowest BCUT2D eigenvalue weighted by atomic mass is 10.1. The van der Waals surface area contributed by atoms with E-state index < -0.39 is 12.3 Å². The van der Waals surface area contributed by atoms with Crippen LogP contribution in [0.1, 0.15) is 0 Å². The first kappa shape index (κ1) is 10.7. The van der Waals surface area contributed by atoms with Crippen molar-refractivity contribution in [2.24, 2.45) is 0 Å². The number of rotatable bonds is 3. The number of nitrogens with one attached hydrogen (secondary N) is 1. The van der Waals surface area contributed by atoms with Crippen LogP contribution in [0.4, 0.5) is 11.4 Å². The van der Waals surface area contributed by atoms with Crippen molar-refractivity contribution in [3.8, 4) is 0 Å². The van der Waals surface area contributed by atoms with Crippen molar-refractivity contribution in [3.05, 3.63) is 49.3 Å². The van der Waals surface area contributed by atoms with Gasteiger partial charge in [-0.2, -0.15) is 0 Å². The molecule has 3 N–H and O–H groups in total. The van der Waals surface area contributed by atoms with Crippen molar-refractivity contribution in [1.82, 2.24) is 0 Å². The SMILES string of the molecule is C=CC(O)(CO)N1C=CNc2ccccc21. The number of para-hydroxylation sites is 2. The Morgan fingerprint density at radius 1 is 1.44 bits per heavy atom. The normalized spacial score (nSPS) is 17.2. The number of aliphatic hydroxyl groups excluding tert-OH is 1. The Morgan fingerprint density at radius 3 is 2.88 bits per heavy atom. The summed E-state index contributed by atoms with van der Waals surface area (Å²) in [6.07, 6.45) is 4.69. The van der Waals surface area contributed by atoms with E-state index in [1.54, 1.807) is 17.3 Å². The Bertz CT molecular complexity index is 431. The van der Waals surface area contributed by atoms with Crippen LogP contribution in [0.15, 0.2) is 49.3 Å². The van der Waals surface area contributed by atoms with E-state index in [9.17, 15) is 10.2 Å². The number of aliphatic hydroxyl groups is 2. The second-order valence-electron chi connectivity index (χ2n) is 3.59. The van der Waals surface area contributed by atoms with Gasteiger partial charge in [-0.15, -0.1) is 0 Å². The summed E-state index contributed by atoms with van der Waals surface area (Å²) in [5.41, 5.74) is 0.189. The van der Waals surface area contributed by atoms with Crippen molar-refractivity contribution in [3.63, 3.8) is 0 Å². The van der Waals surface area contributed by atoms with Crippen molar-refractivity contribution in [2.45, 2.75) is 5.72 Å². The van der Waals surface area contributed by atoms with E-state index in [0.717, 1.165) is 11.4 Å². The molecule has 1 aliphatic heterocycles. The predicted molar refractivity (Wildman–Crippen MR) is 63.9 cm³/mol. The van der Waals surface area contributed by atoms with Gasteiger partial charge in [-0.3, -0.25) is 0 Å². The van der Waals surface area contributed by atoms with Crippen LogP contribution in [0.5, 0.6) is 0 Å². The van der Waals surface area contributed by atoms with Gasteiger partial charge in [0.25, 0.3) is 0 Å². The zero-order chi connectivity index (χ0) is 11.6. The van der Waals surface area contributed by atoms with Crippen molar-refractivity contribution < 1.29 is 10.2 Å². The van der Waals surface area contributed by atoms with Crippen LogP contribution in [-0.2, 0) is 0 Å². The van der Waals surface area contributed by atoms with E-state index in [2.05, 4.69) is 11.9 Å². The smallest absolute Gasteiger partial charge is 0.184 e. The second-order valence-corrected chi connectivity index (χ2v) is 3.59. The lowest BCUT2D eigenvalue weighted by Gasteiger charge is -2.38. The average molecular weight is 218 g/mol. The topological polar surface area (TPSA) is 55.7 Å². The molecule has 0 amide bonds. The quantitative estimate of drug-likeness (QED) is 0.668. The molecule has 1 atom stereocenters. The summed E-state index contributed by atoms with van der Waals surface area (Å²) in [7, 11) is 0. The van der Waals surface area contributed by atoms with Gasteiger partial charge in [-0.1, -0.05) is 18.7 Å². The van der Waals surface area contributed by atoms with Crippen LogP contribution >= 0.6 is 0 Å². The van der Waals surface area contributed by atoms with E-state index >= 15 is 0 Å². The molecule has 4 nitrogen and oxygen atoms in total. The third kappa shape index (κ3) is 1.58. The first-order chi connectivity index (χ1) is 7.71. The molecule has 0 aliphatic carbocycles. The Morgan fingerprint density at radius 2 is 2.19 bits per heavy atom. The Kier molecular flexibility index (Phi) is 2.68. The minimum absolute atomic E-state index is 0.421. The molecule has 0 saturated carbocycles. The maximum atomic E-state index is 10.2. The molecule has 0 radical (unpaired) electrons. The third-order valence-electron chi connectivity index (χ3n) is 2.60. The summed E-state index contributed by atoms with van der Waals surface area (Å²) in [5, 5.41) is 22.5. The Balaban J connectivity index is 2.46. The second kappa shape index (κ2) is 4.00. The third-order valence-corrected chi connectivity index (χ3v) is 2.60. The number of benzene rings is 1. The van der Waals surface area contributed by atoms with Crippen LogP contribution in [-0.4, -0.2) is 22.5 Å². The van der Waals surface area contributed by atoms with Crippen LogP contribution < -0.4 is 10.2 Å². The first-order valence-electron chi connectivity index (χ1n) is 5.00. The molecular formula is C12H14N2O2. The number of fused-ring (bicyclic) bond motifs is 1. The van der Waals surface area contributed by atoms with Crippen molar-refractivity contribution in [2.75, 3.05) is 16.8 Å². The van der Waals surface area contributed by atoms with Crippen LogP contribution in [0.25, 0.3) is 0 Å². The van der Waals surface area contributed by atoms with E-state index in [1.165, 1.54) is 6.08 Å². The molecule has 2 rings (SSSR count). The van der Waals surface area contributed by atoms with E-state index in [4.69, 9.17) is 0 Å². The highest BCUT2D eigenvalue weighted by Gasteiger charge is 2.31. The zero-order valence-corrected chi connectivity index (χ0v) is 8.80. The molecule has 0 spiro atoms. The summed E-state index contributed by atoms with van der Waals surface area (Å²) in [6.45, 7) is 3.12. The van der Waals surface area contributed by atoms with E-state index in [0.29, 0.717) is 0 Å². The molecule has 0 saturated heterocycles. The minimum Gasteiger partial charge on any atom is -0.391 e. The Hall–Kier alpha value is -1.78. The molecule has 84 valence electrons. The highest BCUT2D eigenvalue weighted by atomic mass is 16.3. The fraction of sp³-hybridized carbons (Fsp3) is 0.167. The summed E-state index contributed by atoms with van der Waals surface area (Å²) >= 11 is 0. The van der Waals surface area contributed by atoms with Gasteiger partial charge in [-0.05, 0) is 18.2 Å². The van der Waals surface area contributed by atoms with E-state index in [1.807, 2.05) is 24.3 Å². The highest BCUT2D eigenvalue weighted by molar-refractivity contribution is 5.75. The number of hydrogen-bond donors (Lipinski definition) is 3. The molecule has 1 unspecified atom stereocenters. The molecule has 1 aromatic rings. The summed E-state index contributed by atoms with van der Waals surface area (Å²) < 4.78 is 0. The lowest BCUT2D eigenvalue weighted by molar-refractivity contribution is 0.0321. The zero-order valence-electron chi connectivity index (χ0n) is 8.80. The summed E-state index contributed by atoms with van der Waals surface area (Å²) in [6, 6.07) is 7.52. The maximum absolute atomic E-state index is 10.2. The number of hydrogen-bond acceptors (Lipinski definition) is 4. The maximum Gasteiger partial charge on any atom is 0.184 e. The van der Waals surface area contributed by atoms with Gasteiger partial charge < -0.3 is 20.4 Å². The average Bonchev–Trinajstić information content (AvgIpc) is 2.37. The highest BCUT2D eigenvalue weighted by Crippen LogP contribution is 2.33. The fourth-order valence-electron chi connectivity index (χ4n) is 1.66. The van der Waals surface area contributed by atoms with Gasteiger partial charge in [0.15, 0.2) is 5.72 Å². The van der Waals surface area contributed by atoms with Gasteiger partial charge in [-0.25, -0.2) is 0 Å². The minimum atomic E-state index is -1.48. The van der Waals surface area contributed by atoms with Gasteiger partial charge in [0.05, 0.1) is 18.0 Å². The standard InChI is InChI=1S/C12H14N2O2/c1-2-12(16,9-15)14-8-7-13-10-5-3-4-6-11(10)14/h2-8,13,15-16H,1,9H2. The molecule has 0 aromatic heterocycles. The van der Waals surface area contributed by atoms with Crippen LogP contribution in [0.2, 0.25) is 0 Å². The lowest BCUT2D eigenvalue weighted by Crippen LogP contribution is -2.48. The summed E-state index contributed by atoms with van der Waals surface area (Å²) in [5.74, 6) is 0. The molecule has 1 heterocycles. The molecule has 0 bridgehead atoms. The molecule has 0 fully saturated rings.